The van der Waals surface area contributed by atoms with Crippen LogP contribution in [0.3, 0.4) is 0 Å². The molecule has 1 aromatic carbocycles. The topological polar surface area (TPSA) is 30.8 Å². The van der Waals surface area contributed by atoms with E-state index in [1.54, 1.807) is 0 Å². The van der Waals surface area contributed by atoms with Gasteiger partial charge in [-0.2, -0.15) is 0 Å². The maximum absolute atomic E-state index is 5.95. The zero-order chi connectivity index (χ0) is 13.1. The Hall–Kier alpha value is -1.51. The fourth-order valence-corrected chi connectivity index (χ4v) is 2.95. The number of hydrogen-bond donors (Lipinski definition) is 0. The van der Waals surface area contributed by atoms with E-state index < -0.39 is 0 Å². The zero-order valence-corrected chi connectivity index (χ0v) is 11.5. The molecule has 0 atom stereocenters. The van der Waals surface area contributed by atoms with Crippen LogP contribution in [-0.4, -0.2) is 12.3 Å². The van der Waals surface area contributed by atoms with E-state index >= 15 is 0 Å². The van der Waals surface area contributed by atoms with Crippen LogP contribution in [0, 0.1) is 5.92 Å². The van der Waals surface area contributed by atoms with Gasteiger partial charge in [-0.25, -0.2) is 0 Å². The van der Waals surface area contributed by atoms with Crippen LogP contribution in [0.2, 0.25) is 0 Å². The smallest absolute Gasteiger partial charge is 0.143 e. The van der Waals surface area contributed by atoms with Gasteiger partial charge in [-0.3, -0.25) is 0 Å². The van der Waals surface area contributed by atoms with Crippen molar-refractivity contribution >= 4 is 5.71 Å². The van der Waals surface area contributed by atoms with Gasteiger partial charge in [-0.15, -0.1) is 0 Å². The maximum atomic E-state index is 5.95. The van der Waals surface area contributed by atoms with E-state index in [9.17, 15) is 0 Å². The number of fused-ring (bicyclic) bond motifs is 1. The number of oxime groups is 1. The second kappa shape index (κ2) is 5.64. The molecule has 102 valence electrons. The largest absolute Gasteiger partial charge is 0.493 e. The van der Waals surface area contributed by atoms with Crippen molar-refractivity contribution in [2.24, 2.45) is 11.1 Å². The molecule has 1 aliphatic carbocycles. The normalized spacial score (nSPS) is 19.3. The molecular weight excluding hydrogens is 238 g/mol. The molecule has 3 heteroatoms. The first-order valence-electron chi connectivity index (χ1n) is 7.25. The fourth-order valence-electron chi connectivity index (χ4n) is 2.95. The van der Waals surface area contributed by atoms with Crippen LogP contribution in [0.25, 0.3) is 0 Å². The molecule has 3 nitrogen and oxygen atoms in total. The van der Waals surface area contributed by atoms with Gasteiger partial charge in [0.2, 0.25) is 0 Å². The molecule has 0 unspecified atom stereocenters. The Morgan fingerprint density at radius 1 is 1.26 bits per heavy atom. The van der Waals surface area contributed by atoms with E-state index in [2.05, 4.69) is 17.3 Å². The lowest BCUT2D eigenvalue weighted by atomic mass is 9.90. The van der Waals surface area contributed by atoms with Crippen molar-refractivity contribution in [1.82, 2.24) is 0 Å². The van der Waals surface area contributed by atoms with Crippen molar-refractivity contribution in [2.75, 3.05) is 6.61 Å². The lowest BCUT2D eigenvalue weighted by Crippen LogP contribution is -2.15. The minimum atomic E-state index is 0.549. The van der Waals surface area contributed by atoms with Crippen LogP contribution in [0.1, 0.15) is 50.2 Å². The van der Waals surface area contributed by atoms with E-state index in [1.807, 2.05) is 13.0 Å². The summed E-state index contributed by atoms with van der Waals surface area (Å²) in [7, 11) is 0. The molecule has 0 radical (unpaired) electrons. The summed E-state index contributed by atoms with van der Waals surface area (Å²) < 4.78 is 5.95. The molecule has 2 aliphatic rings. The third kappa shape index (κ3) is 2.91. The van der Waals surface area contributed by atoms with E-state index in [0.717, 1.165) is 24.0 Å². The molecule has 0 bridgehead atoms. The highest BCUT2D eigenvalue weighted by Gasteiger charge is 2.16. The first-order valence-corrected chi connectivity index (χ1v) is 7.25. The maximum Gasteiger partial charge on any atom is 0.143 e. The van der Waals surface area contributed by atoms with Gasteiger partial charge >= 0.3 is 0 Å². The van der Waals surface area contributed by atoms with Gasteiger partial charge in [0.05, 0.1) is 12.3 Å². The molecule has 3 rings (SSSR count). The van der Waals surface area contributed by atoms with E-state index in [4.69, 9.17) is 9.57 Å². The summed E-state index contributed by atoms with van der Waals surface area (Å²) in [6.45, 7) is 3.38. The van der Waals surface area contributed by atoms with Crippen molar-refractivity contribution < 1.29 is 9.57 Å². The van der Waals surface area contributed by atoms with Crippen LogP contribution in [-0.2, 0) is 11.4 Å². The standard InChI is InChI=1S/C16H21NO2/c1-12-16-8-7-15(9-14(16)11-19-17-12)18-10-13-5-3-2-4-6-13/h7-9,13H,2-6,10-11H2,1H3. The highest BCUT2D eigenvalue weighted by Crippen LogP contribution is 2.26. The first-order chi connectivity index (χ1) is 9.33. The van der Waals surface area contributed by atoms with E-state index in [-0.39, 0.29) is 0 Å². The summed E-state index contributed by atoms with van der Waals surface area (Å²) >= 11 is 0. The lowest BCUT2D eigenvalue weighted by Gasteiger charge is -2.22. The van der Waals surface area contributed by atoms with Crippen molar-refractivity contribution in [3.63, 3.8) is 0 Å². The van der Waals surface area contributed by atoms with Crippen LogP contribution >= 0.6 is 0 Å². The van der Waals surface area contributed by atoms with Crippen LogP contribution in [0.5, 0.6) is 5.75 Å². The van der Waals surface area contributed by atoms with Crippen molar-refractivity contribution in [3.05, 3.63) is 29.3 Å². The molecule has 0 amide bonds. The van der Waals surface area contributed by atoms with Gasteiger partial charge in [0.15, 0.2) is 0 Å². The van der Waals surface area contributed by atoms with Gasteiger partial charge in [0.1, 0.15) is 12.4 Å². The molecule has 19 heavy (non-hydrogen) atoms. The van der Waals surface area contributed by atoms with Crippen LogP contribution in [0.4, 0.5) is 0 Å². The number of nitrogens with zero attached hydrogens (tertiary/aromatic N) is 1. The summed E-state index contributed by atoms with van der Waals surface area (Å²) in [6, 6.07) is 6.23. The van der Waals surface area contributed by atoms with E-state index in [0.29, 0.717) is 6.61 Å². The Bertz CT molecular complexity index is 476. The summed E-state index contributed by atoms with van der Waals surface area (Å²) in [5, 5.41) is 4.00. The first kappa shape index (κ1) is 12.5. The SMILES string of the molecule is CC1=NOCc2cc(OCC3CCCCC3)ccc21. The third-order valence-corrected chi connectivity index (χ3v) is 4.10. The summed E-state index contributed by atoms with van der Waals surface area (Å²) in [6.07, 6.45) is 6.76. The minimum absolute atomic E-state index is 0.549. The number of rotatable bonds is 3. The van der Waals surface area contributed by atoms with E-state index in [1.165, 1.54) is 43.2 Å². The van der Waals surface area contributed by atoms with Gasteiger partial charge in [-0.1, -0.05) is 24.4 Å². The summed E-state index contributed by atoms with van der Waals surface area (Å²) in [5.74, 6) is 1.70. The van der Waals surface area contributed by atoms with Gasteiger partial charge < -0.3 is 9.57 Å². The monoisotopic (exact) mass is 259 g/mol. The van der Waals surface area contributed by atoms with Gasteiger partial charge in [0.25, 0.3) is 0 Å². The molecule has 1 aliphatic heterocycles. The molecule has 1 heterocycles. The Morgan fingerprint density at radius 3 is 2.95 bits per heavy atom. The highest BCUT2D eigenvalue weighted by atomic mass is 16.6. The van der Waals surface area contributed by atoms with Crippen LogP contribution < -0.4 is 4.74 Å². The average Bonchev–Trinajstić information content (AvgIpc) is 2.46. The Morgan fingerprint density at radius 2 is 2.11 bits per heavy atom. The molecule has 1 aromatic rings. The molecule has 0 N–H and O–H groups in total. The molecular formula is C16H21NO2. The minimum Gasteiger partial charge on any atom is -0.493 e. The number of ether oxygens (including phenoxy) is 1. The molecule has 0 saturated heterocycles. The highest BCUT2D eigenvalue weighted by molar-refractivity contribution is 6.00. The fraction of sp³-hybridized carbons (Fsp3) is 0.562. The second-order valence-corrected chi connectivity index (χ2v) is 5.58. The summed E-state index contributed by atoms with van der Waals surface area (Å²) in [5.41, 5.74) is 3.30. The predicted octanol–water partition coefficient (Wildman–Crippen LogP) is 3.90. The van der Waals surface area contributed by atoms with Crippen molar-refractivity contribution in [2.45, 2.75) is 45.6 Å². The van der Waals surface area contributed by atoms with Crippen molar-refractivity contribution in [3.8, 4) is 5.75 Å². The second-order valence-electron chi connectivity index (χ2n) is 5.58. The Labute approximate surface area is 114 Å². The predicted molar refractivity (Wildman–Crippen MR) is 75.5 cm³/mol. The molecule has 1 saturated carbocycles. The third-order valence-electron chi connectivity index (χ3n) is 4.10. The van der Waals surface area contributed by atoms with Crippen LogP contribution in [0.15, 0.2) is 23.4 Å². The quantitative estimate of drug-likeness (QED) is 0.824. The van der Waals surface area contributed by atoms with Crippen molar-refractivity contribution in [1.29, 1.82) is 0 Å². The number of hydrogen-bond acceptors (Lipinski definition) is 3. The molecule has 0 spiro atoms. The molecule has 0 aromatic heterocycles. The van der Waals surface area contributed by atoms with Gasteiger partial charge in [-0.05, 0) is 43.9 Å². The van der Waals surface area contributed by atoms with Gasteiger partial charge in [0, 0.05) is 11.1 Å². The zero-order valence-electron chi connectivity index (χ0n) is 11.5. The Kier molecular flexibility index (Phi) is 3.72. The lowest BCUT2D eigenvalue weighted by molar-refractivity contribution is 0.125. The summed E-state index contributed by atoms with van der Waals surface area (Å²) in [4.78, 5) is 5.19. The Balaban J connectivity index is 1.64. The molecule has 1 fully saturated rings. The average molecular weight is 259 g/mol. The number of benzene rings is 1.